The van der Waals surface area contributed by atoms with Gasteiger partial charge in [-0.25, -0.2) is 4.68 Å². The van der Waals surface area contributed by atoms with Crippen molar-refractivity contribution in [3.05, 3.63) is 51.6 Å². The normalized spacial score (nSPS) is 15.6. The highest BCUT2D eigenvalue weighted by atomic mass is 16.5. The van der Waals surface area contributed by atoms with Crippen LogP contribution in [0.5, 0.6) is 0 Å². The van der Waals surface area contributed by atoms with E-state index in [1.54, 1.807) is 6.92 Å². The van der Waals surface area contributed by atoms with Gasteiger partial charge in [-0.1, -0.05) is 37.8 Å². The first-order valence-electron chi connectivity index (χ1n) is 12.3. The molecule has 1 saturated carbocycles. The van der Waals surface area contributed by atoms with Crippen LogP contribution in [0.3, 0.4) is 0 Å². The Bertz CT molecular complexity index is 1180. The molecule has 0 radical (unpaired) electrons. The second-order valence-corrected chi connectivity index (χ2v) is 9.10. The van der Waals surface area contributed by atoms with Gasteiger partial charge in [0.1, 0.15) is 6.54 Å². The van der Waals surface area contributed by atoms with Gasteiger partial charge in [0.05, 0.1) is 12.6 Å². The molecule has 34 heavy (non-hydrogen) atoms. The van der Waals surface area contributed by atoms with Crippen molar-refractivity contribution in [1.29, 1.82) is 0 Å². The molecule has 1 aromatic carbocycles. The minimum absolute atomic E-state index is 0.0268. The molecular weight excluding hydrogens is 432 g/mol. The molecule has 1 N–H and O–H groups in total. The lowest BCUT2D eigenvalue weighted by molar-refractivity contribution is -0.144. The Morgan fingerprint density at radius 3 is 2.76 bits per heavy atom. The van der Waals surface area contributed by atoms with Gasteiger partial charge in [0.25, 0.3) is 5.56 Å². The fourth-order valence-electron chi connectivity index (χ4n) is 5.05. The van der Waals surface area contributed by atoms with E-state index < -0.39 is 0 Å². The van der Waals surface area contributed by atoms with Crippen molar-refractivity contribution in [1.82, 2.24) is 30.1 Å². The number of pyridine rings is 1. The smallest absolute Gasteiger partial charge is 0.327 e. The first-order valence-corrected chi connectivity index (χ1v) is 12.3. The fraction of sp³-hybridized carbons (Fsp3) is 0.560. The number of nitrogens with one attached hydrogen (secondary N) is 1. The number of carbonyl (C=O) groups excluding carboxylic acids is 1. The number of ether oxygens (including phenoxy) is 1. The number of benzene rings is 1. The number of fused-ring (bicyclic) bond motifs is 1. The topological polar surface area (TPSA) is 106 Å². The van der Waals surface area contributed by atoms with Crippen LogP contribution in [0.25, 0.3) is 10.9 Å². The van der Waals surface area contributed by atoms with Gasteiger partial charge < -0.3 is 9.72 Å². The Kier molecular flexibility index (Phi) is 7.72. The lowest BCUT2D eigenvalue weighted by Crippen LogP contribution is -2.41. The van der Waals surface area contributed by atoms with Crippen LogP contribution in [0.1, 0.15) is 75.4 Å². The summed E-state index contributed by atoms with van der Waals surface area (Å²) in [5.41, 5.74) is 2.65. The Morgan fingerprint density at radius 1 is 1.24 bits per heavy atom. The molecule has 2 heterocycles. The highest BCUT2D eigenvalue weighted by molar-refractivity contribution is 5.79. The maximum atomic E-state index is 13.0. The van der Waals surface area contributed by atoms with Gasteiger partial charge in [0, 0.05) is 23.7 Å². The van der Waals surface area contributed by atoms with Crippen LogP contribution in [0.4, 0.5) is 0 Å². The van der Waals surface area contributed by atoms with Crippen LogP contribution >= 0.6 is 0 Å². The van der Waals surface area contributed by atoms with Crippen molar-refractivity contribution >= 4 is 16.9 Å². The van der Waals surface area contributed by atoms with Crippen LogP contribution in [0.2, 0.25) is 0 Å². The zero-order valence-corrected chi connectivity index (χ0v) is 20.3. The van der Waals surface area contributed by atoms with E-state index in [0.29, 0.717) is 25.0 Å². The molecule has 1 aliphatic rings. The predicted molar refractivity (Wildman–Crippen MR) is 129 cm³/mol. The molecule has 1 aliphatic carbocycles. The largest absolute Gasteiger partial charge is 0.465 e. The summed E-state index contributed by atoms with van der Waals surface area (Å²) < 4.78 is 6.65. The van der Waals surface area contributed by atoms with Crippen molar-refractivity contribution in [2.45, 2.75) is 84.5 Å². The Hall–Kier alpha value is -3.07. The molecule has 1 atom stereocenters. The summed E-state index contributed by atoms with van der Waals surface area (Å²) in [5, 5.41) is 13.3. The van der Waals surface area contributed by atoms with Gasteiger partial charge in [-0.3, -0.25) is 14.5 Å². The molecule has 182 valence electrons. The summed E-state index contributed by atoms with van der Waals surface area (Å²) in [4.78, 5) is 30.6. The first-order chi connectivity index (χ1) is 16.5. The van der Waals surface area contributed by atoms with Crippen molar-refractivity contribution < 1.29 is 9.53 Å². The van der Waals surface area contributed by atoms with E-state index in [-0.39, 0.29) is 24.1 Å². The number of carbonyl (C=O) groups is 1. The van der Waals surface area contributed by atoms with Gasteiger partial charge in [-0.15, -0.1) is 5.10 Å². The molecular formula is C25H34N6O3. The third-order valence-electron chi connectivity index (χ3n) is 6.70. The standard InChI is InChI=1S/C25H34N6O3/c1-4-22(24-27-28-29-31(24)16-23(32)34-5-2)30(20-9-7-6-8-10-20)15-19-14-18-13-17(3)11-12-21(18)26-25(19)33/h11-14,20,22H,4-10,15-16H2,1-3H3,(H,26,33)/t22-/m1/s1. The molecule has 2 aromatic heterocycles. The number of rotatable bonds is 9. The van der Waals surface area contributed by atoms with Crippen LogP contribution in [0.15, 0.2) is 29.1 Å². The molecule has 0 saturated heterocycles. The minimum Gasteiger partial charge on any atom is -0.465 e. The quantitative estimate of drug-likeness (QED) is 0.480. The zero-order chi connectivity index (χ0) is 24.1. The Morgan fingerprint density at radius 2 is 2.03 bits per heavy atom. The lowest BCUT2D eigenvalue weighted by Gasteiger charge is -2.39. The number of nitrogens with zero attached hydrogens (tertiary/aromatic N) is 5. The second-order valence-electron chi connectivity index (χ2n) is 9.10. The summed E-state index contributed by atoms with van der Waals surface area (Å²) in [7, 11) is 0. The number of hydrogen-bond donors (Lipinski definition) is 1. The van der Waals surface area contributed by atoms with Gasteiger partial charge in [0.2, 0.25) is 0 Å². The summed E-state index contributed by atoms with van der Waals surface area (Å²) in [5.74, 6) is 0.269. The van der Waals surface area contributed by atoms with Gasteiger partial charge >= 0.3 is 5.97 Å². The fourth-order valence-corrected chi connectivity index (χ4v) is 5.05. The second kappa shape index (κ2) is 10.9. The van der Waals surface area contributed by atoms with E-state index in [9.17, 15) is 9.59 Å². The molecule has 0 aliphatic heterocycles. The monoisotopic (exact) mass is 466 g/mol. The SMILES string of the molecule is CCOC(=O)Cn1nnnc1[C@@H](CC)N(Cc1cc2cc(C)ccc2[nH]c1=O)C1CCCCC1. The number of esters is 1. The number of hydrogen-bond acceptors (Lipinski definition) is 7. The maximum absolute atomic E-state index is 13.0. The highest BCUT2D eigenvalue weighted by Crippen LogP contribution is 2.33. The average Bonchev–Trinajstić information content (AvgIpc) is 3.27. The van der Waals surface area contributed by atoms with E-state index in [4.69, 9.17) is 4.74 Å². The molecule has 0 unspecified atom stereocenters. The van der Waals surface area contributed by atoms with E-state index in [1.165, 1.54) is 23.9 Å². The molecule has 3 aromatic rings. The molecule has 0 amide bonds. The number of aryl methyl sites for hydroxylation is 1. The third-order valence-corrected chi connectivity index (χ3v) is 6.70. The summed E-state index contributed by atoms with van der Waals surface area (Å²) in [6.45, 7) is 6.70. The number of aromatic amines is 1. The van der Waals surface area contributed by atoms with Gasteiger partial charge in [0.15, 0.2) is 5.82 Å². The molecule has 9 heteroatoms. The minimum atomic E-state index is -0.364. The molecule has 0 bridgehead atoms. The van der Waals surface area contributed by atoms with Gasteiger partial charge in [-0.2, -0.15) is 0 Å². The van der Waals surface area contributed by atoms with Gasteiger partial charge in [-0.05, 0) is 67.1 Å². The highest BCUT2D eigenvalue weighted by Gasteiger charge is 2.32. The Balaban J connectivity index is 1.70. The van der Waals surface area contributed by atoms with Crippen molar-refractivity contribution in [2.24, 2.45) is 0 Å². The third kappa shape index (κ3) is 5.35. The van der Waals surface area contributed by atoms with Crippen molar-refractivity contribution in [3.8, 4) is 0 Å². The molecule has 4 rings (SSSR count). The average molecular weight is 467 g/mol. The predicted octanol–water partition coefficient (Wildman–Crippen LogP) is 3.67. The van der Waals surface area contributed by atoms with E-state index in [1.807, 2.05) is 18.2 Å². The zero-order valence-electron chi connectivity index (χ0n) is 20.3. The molecule has 9 nitrogen and oxygen atoms in total. The summed E-state index contributed by atoms with van der Waals surface area (Å²) in [6.07, 6.45) is 6.46. The summed E-state index contributed by atoms with van der Waals surface area (Å²) >= 11 is 0. The number of aromatic nitrogens is 5. The maximum Gasteiger partial charge on any atom is 0.327 e. The van der Waals surface area contributed by atoms with Crippen LogP contribution in [-0.4, -0.2) is 48.7 Å². The van der Waals surface area contributed by atoms with Crippen LogP contribution < -0.4 is 5.56 Å². The number of H-pyrrole nitrogens is 1. The molecule has 1 fully saturated rings. The van der Waals surface area contributed by atoms with E-state index in [2.05, 4.69) is 45.3 Å². The van der Waals surface area contributed by atoms with Crippen LogP contribution in [0, 0.1) is 6.92 Å². The van der Waals surface area contributed by atoms with E-state index >= 15 is 0 Å². The number of tetrazole rings is 1. The van der Waals surface area contributed by atoms with Crippen molar-refractivity contribution in [2.75, 3.05) is 6.61 Å². The van der Waals surface area contributed by atoms with E-state index in [0.717, 1.165) is 41.3 Å². The lowest BCUT2D eigenvalue weighted by atomic mass is 9.92. The first kappa shape index (κ1) is 24.1. The van der Waals surface area contributed by atoms with Crippen LogP contribution in [-0.2, 0) is 22.6 Å². The summed E-state index contributed by atoms with van der Waals surface area (Å²) in [6, 6.07) is 8.25. The van der Waals surface area contributed by atoms with Crippen molar-refractivity contribution in [3.63, 3.8) is 0 Å². The Labute approximate surface area is 199 Å². The molecule has 0 spiro atoms.